The maximum atomic E-state index is 13.1. The molecule has 2 aliphatic heterocycles. The van der Waals surface area contributed by atoms with Crippen LogP contribution in [0.4, 0.5) is 31.1 Å². The summed E-state index contributed by atoms with van der Waals surface area (Å²) in [6.45, 7) is 4.47. The highest BCUT2D eigenvalue weighted by Gasteiger charge is 2.37. The lowest BCUT2D eigenvalue weighted by Crippen LogP contribution is -2.36. The minimum absolute atomic E-state index is 0.0399. The zero-order chi connectivity index (χ0) is 26.3. The van der Waals surface area contributed by atoms with Crippen LogP contribution in [0.25, 0.3) is 5.57 Å². The summed E-state index contributed by atoms with van der Waals surface area (Å²) in [5, 5.41) is 8.10. The Kier molecular flexibility index (Phi) is 7.09. The Morgan fingerprint density at radius 2 is 1.72 bits per heavy atom. The van der Waals surface area contributed by atoms with Gasteiger partial charge in [0.05, 0.1) is 29.1 Å². The highest BCUT2D eigenvalue weighted by Crippen LogP contribution is 2.36. The number of rotatable bonds is 3. The van der Waals surface area contributed by atoms with E-state index in [1.54, 1.807) is 0 Å². The molecule has 0 bridgehead atoms. The number of aryl methyl sites for hydroxylation is 1. The number of carbonyl (C=O) groups is 1. The Balaban J connectivity index is 1.47. The molecule has 0 aliphatic carbocycles. The second-order valence-electron chi connectivity index (χ2n) is 9.24. The van der Waals surface area contributed by atoms with Crippen LogP contribution in [0.2, 0.25) is 0 Å². The van der Waals surface area contributed by atoms with E-state index >= 15 is 0 Å². The third kappa shape index (κ3) is 6.03. The van der Waals surface area contributed by atoms with Gasteiger partial charge in [0.1, 0.15) is 6.61 Å². The molecular formula is C24H26F6N4O2. The molecule has 0 fully saturated rings. The average Bonchev–Trinajstić information content (AvgIpc) is 3.07. The fourth-order valence-electron chi connectivity index (χ4n) is 4.56. The van der Waals surface area contributed by atoms with Crippen LogP contribution in [0, 0.1) is 0 Å². The number of hydrogen-bond acceptors (Lipinski definition) is 4. The number of nitrogens with one attached hydrogen (secondary N) is 1. The van der Waals surface area contributed by atoms with Gasteiger partial charge in [-0.1, -0.05) is 6.08 Å². The van der Waals surface area contributed by atoms with Crippen LogP contribution in [0.15, 0.2) is 30.3 Å². The van der Waals surface area contributed by atoms with Crippen LogP contribution < -0.4 is 5.32 Å². The highest BCUT2D eigenvalue weighted by molar-refractivity contribution is 5.68. The number of ether oxygens (including phenoxy) is 1. The van der Waals surface area contributed by atoms with Crippen LogP contribution in [-0.4, -0.2) is 39.4 Å². The minimum Gasteiger partial charge on any atom is -0.445 e. The van der Waals surface area contributed by atoms with Gasteiger partial charge in [-0.25, -0.2) is 4.79 Å². The number of halogens is 6. The van der Waals surface area contributed by atoms with Crippen molar-refractivity contribution in [3.63, 3.8) is 0 Å². The van der Waals surface area contributed by atoms with Gasteiger partial charge in [0.2, 0.25) is 0 Å². The monoisotopic (exact) mass is 516 g/mol. The van der Waals surface area contributed by atoms with Crippen molar-refractivity contribution in [1.82, 2.24) is 20.0 Å². The lowest BCUT2D eigenvalue weighted by molar-refractivity contribution is -0.143. The molecule has 2 aliphatic rings. The third-order valence-electron chi connectivity index (χ3n) is 6.14. The smallest absolute Gasteiger partial charge is 0.416 e. The first-order chi connectivity index (χ1) is 16.8. The van der Waals surface area contributed by atoms with Gasteiger partial charge in [0, 0.05) is 25.2 Å². The van der Waals surface area contributed by atoms with Gasteiger partial charge in [-0.05, 0) is 62.1 Å². The summed E-state index contributed by atoms with van der Waals surface area (Å²) >= 11 is 0. The molecule has 3 heterocycles. The molecule has 1 aromatic heterocycles. The number of fused-ring (bicyclic) bond motifs is 1. The predicted molar refractivity (Wildman–Crippen MR) is 119 cm³/mol. The first-order valence-corrected chi connectivity index (χ1v) is 11.5. The third-order valence-corrected chi connectivity index (χ3v) is 6.14. The zero-order valence-corrected chi connectivity index (χ0v) is 19.7. The largest absolute Gasteiger partial charge is 0.445 e. The fraction of sp³-hybridized carbons (Fsp3) is 0.500. The molecule has 0 radical (unpaired) electrons. The van der Waals surface area contributed by atoms with E-state index in [2.05, 4.69) is 30.3 Å². The van der Waals surface area contributed by atoms with Crippen molar-refractivity contribution in [3.05, 3.63) is 58.4 Å². The number of alkyl halides is 6. The van der Waals surface area contributed by atoms with E-state index in [0.717, 1.165) is 23.4 Å². The summed E-state index contributed by atoms with van der Waals surface area (Å²) in [4.78, 5) is 14.1. The molecule has 4 rings (SSSR count). The normalized spacial score (nSPS) is 21.0. The van der Waals surface area contributed by atoms with Crippen LogP contribution >= 0.6 is 0 Å². The number of aromatic nitrogens is 2. The van der Waals surface area contributed by atoms with Crippen LogP contribution in [-0.2, 0) is 36.8 Å². The minimum atomic E-state index is -4.97. The van der Waals surface area contributed by atoms with Crippen molar-refractivity contribution in [2.75, 3.05) is 6.54 Å². The highest BCUT2D eigenvalue weighted by atomic mass is 19.4. The standard InChI is InChI=1S/C24H26F6N4O2/c1-14-6-17(7-15(2)31-14)21-11-20-12-33(4-3-5-34(20)32-21)22(35)36-13-16-8-18(23(25,26)27)10-19(9-16)24(28,29)30/h6,8-11,14-15,31H,3-5,7,12-13H2,1-2H3. The van der Waals surface area contributed by atoms with Crippen molar-refractivity contribution in [2.45, 2.75) is 70.8 Å². The topological polar surface area (TPSA) is 59.4 Å². The van der Waals surface area contributed by atoms with E-state index in [9.17, 15) is 31.1 Å². The molecule has 1 aromatic carbocycles. The van der Waals surface area contributed by atoms with Crippen molar-refractivity contribution < 1.29 is 35.9 Å². The Hall–Kier alpha value is -3.02. The number of nitrogens with zero attached hydrogens (tertiary/aromatic N) is 3. The van der Waals surface area contributed by atoms with Crippen molar-refractivity contribution in [2.24, 2.45) is 0 Å². The number of benzene rings is 1. The summed E-state index contributed by atoms with van der Waals surface area (Å²) < 4.78 is 85.5. The molecule has 2 atom stereocenters. The summed E-state index contributed by atoms with van der Waals surface area (Å²) in [5.41, 5.74) is -0.597. The lowest BCUT2D eigenvalue weighted by atomic mass is 9.97. The molecule has 6 nitrogen and oxygen atoms in total. The van der Waals surface area contributed by atoms with Crippen LogP contribution in [0.3, 0.4) is 0 Å². The van der Waals surface area contributed by atoms with Gasteiger partial charge >= 0.3 is 18.4 Å². The second kappa shape index (κ2) is 9.79. The zero-order valence-electron chi connectivity index (χ0n) is 19.7. The molecular weight excluding hydrogens is 490 g/mol. The quantitative estimate of drug-likeness (QED) is 0.539. The van der Waals surface area contributed by atoms with Gasteiger partial charge in [-0.2, -0.15) is 31.4 Å². The Labute approximate surface area is 203 Å². The number of hydrogen-bond donors (Lipinski definition) is 1. The molecule has 0 spiro atoms. The van der Waals surface area contributed by atoms with Crippen molar-refractivity contribution in [3.8, 4) is 0 Å². The van der Waals surface area contributed by atoms with E-state index < -0.39 is 41.7 Å². The number of amides is 1. The molecule has 196 valence electrons. The molecule has 1 amide bonds. The van der Waals surface area contributed by atoms with E-state index in [1.165, 1.54) is 4.90 Å². The van der Waals surface area contributed by atoms with Gasteiger partial charge in [-0.3, -0.25) is 4.68 Å². The summed E-state index contributed by atoms with van der Waals surface area (Å²) in [5.74, 6) is 0. The molecule has 2 aromatic rings. The first-order valence-electron chi connectivity index (χ1n) is 11.5. The van der Waals surface area contributed by atoms with Gasteiger partial charge < -0.3 is 15.0 Å². The lowest BCUT2D eigenvalue weighted by Gasteiger charge is -2.25. The molecule has 36 heavy (non-hydrogen) atoms. The van der Waals surface area contributed by atoms with E-state index in [1.807, 2.05) is 10.7 Å². The van der Waals surface area contributed by atoms with Gasteiger partial charge in [0.25, 0.3) is 0 Å². The molecule has 0 saturated carbocycles. The number of carbonyl (C=O) groups excluding carboxylic acids is 1. The first kappa shape index (κ1) is 26.1. The SMILES string of the molecule is CC1C=C(c2cc3n(n2)CCCN(C(=O)OCc2cc(C(F)(F)F)cc(C(F)(F)F)c2)C3)CC(C)N1. The van der Waals surface area contributed by atoms with E-state index in [-0.39, 0.29) is 18.7 Å². The van der Waals surface area contributed by atoms with Crippen LogP contribution in [0.1, 0.15) is 54.8 Å². The fourth-order valence-corrected chi connectivity index (χ4v) is 4.56. The summed E-state index contributed by atoms with van der Waals surface area (Å²) in [7, 11) is 0. The maximum absolute atomic E-state index is 13.1. The second-order valence-corrected chi connectivity index (χ2v) is 9.24. The van der Waals surface area contributed by atoms with Crippen molar-refractivity contribution >= 4 is 11.7 Å². The van der Waals surface area contributed by atoms with E-state index in [0.29, 0.717) is 37.7 Å². The van der Waals surface area contributed by atoms with Gasteiger partial charge in [0.15, 0.2) is 0 Å². The average molecular weight is 516 g/mol. The molecule has 2 unspecified atom stereocenters. The molecule has 1 N–H and O–H groups in total. The molecule has 0 saturated heterocycles. The Bertz CT molecular complexity index is 1120. The Morgan fingerprint density at radius 1 is 1.06 bits per heavy atom. The van der Waals surface area contributed by atoms with E-state index in [4.69, 9.17) is 4.74 Å². The predicted octanol–water partition coefficient (Wildman–Crippen LogP) is 5.62. The van der Waals surface area contributed by atoms with Gasteiger partial charge in [-0.15, -0.1) is 0 Å². The summed E-state index contributed by atoms with van der Waals surface area (Å²) in [6.07, 6.45) is -7.28. The Morgan fingerprint density at radius 3 is 2.33 bits per heavy atom. The van der Waals surface area contributed by atoms with Crippen LogP contribution in [0.5, 0.6) is 0 Å². The summed E-state index contributed by atoms with van der Waals surface area (Å²) in [6, 6.07) is 3.55. The maximum Gasteiger partial charge on any atom is 0.416 e. The molecule has 12 heteroatoms. The van der Waals surface area contributed by atoms with Crippen molar-refractivity contribution in [1.29, 1.82) is 0 Å².